The highest BCUT2D eigenvalue weighted by Crippen LogP contribution is 2.01. The van der Waals surface area contributed by atoms with E-state index in [0.29, 0.717) is 0 Å². The lowest BCUT2D eigenvalue weighted by Crippen LogP contribution is -2.21. The number of esters is 2. The van der Waals surface area contributed by atoms with Gasteiger partial charge in [-0.25, -0.2) is 9.59 Å². The third-order valence-corrected chi connectivity index (χ3v) is 1.75. The highest BCUT2D eigenvalue weighted by Gasteiger charge is 2.13. The molecule has 0 aliphatic carbocycles. The molecule has 84 valence electrons. The molecule has 0 aliphatic heterocycles. The van der Waals surface area contributed by atoms with Gasteiger partial charge in [0, 0.05) is 6.08 Å². The monoisotopic (exact) mass is 220 g/mol. The lowest BCUT2D eigenvalue weighted by atomic mass is 10.2. The molecule has 1 unspecified atom stereocenters. The molecule has 0 heterocycles. The molecule has 0 fully saturated rings. The van der Waals surface area contributed by atoms with Crippen LogP contribution < -0.4 is 0 Å². The largest absolute Gasteiger partial charge is 0.388 e. The molecule has 0 aromatic heterocycles. The van der Waals surface area contributed by atoms with Crippen molar-refractivity contribution in [1.82, 2.24) is 0 Å². The SMILES string of the molecule is CC(O)C(=O)OC(=O)/C=C/c1ccccc1. The van der Waals surface area contributed by atoms with Gasteiger partial charge in [-0.1, -0.05) is 30.3 Å². The molecule has 0 bridgehead atoms. The maximum Gasteiger partial charge on any atom is 0.342 e. The van der Waals surface area contributed by atoms with Gasteiger partial charge in [0.25, 0.3) is 0 Å². The van der Waals surface area contributed by atoms with Crippen LogP contribution in [-0.2, 0) is 14.3 Å². The zero-order valence-electron chi connectivity index (χ0n) is 8.79. The van der Waals surface area contributed by atoms with Gasteiger partial charge in [0.2, 0.25) is 0 Å². The van der Waals surface area contributed by atoms with Crippen LogP contribution in [0.2, 0.25) is 0 Å². The minimum Gasteiger partial charge on any atom is -0.388 e. The van der Waals surface area contributed by atoms with Crippen LogP contribution in [0.5, 0.6) is 0 Å². The fourth-order valence-corrected chi connectivity index (χ4v) is 0.947. The third kappa shape index (κ3) is 4.06. The lowest BCUT2D eigenvalue weighted by Gasteiger charge is -2.01. The Balaban J connectivity index is 2.52. The van der Waals surface area contributed by atoms with E-state index in [2.05, 4.69) is 4.74 Å². The normalized spacial score (nSPS) is 12.4. The van der Waals surface area contributed by atoms with Gasteiger partial charge < -0.3 is 9.84 Å². The van der Waals surface area contributed by atoms with Crippen molar-refractivity contribution < 1.29 is 19.4 Å². The lowest BCUT2D eigenvalue weighted by molar-refractivity contribution is -0.162. The van der Waals surface area contributed by atoms with Crippen LogP contribution in [0.4, 0.5) is 0 Å². The van der Waals surface area contributed by atoms with E-state index in [1.54, 1.807) is 12.1 Å². The molecule has 0 saturated heterocycles. The van der Waals surface area contributed by atoms with Crippen molar-refractivity contribution in [1.29, 1.82) is 0 Å². The van der Waals surface area contributed by atoms with Crippen molar-refractivity contribution in [3.8, 4) is 0 Å². The molecule has 1 aromatic carbocycles. The van der Waals surface area contributed by atoms with E-state index in [1.807, 2.05) is 18.2 Å². The van der Waals surface area contributed by atoms with E-state index in [0.717, 1.165) is 11.6 Å². The van der Waals surface area contributed by atoms with Crippen LogP contribution in [0.25, 0.3) is 6.08 Å². The van der Waals surface area contributed by atoms with Crippen molar-refractivity contribution in [2.45, 2.75) is 13.0 Å². The van der Waals surface area contributed by atoms with Crippen LogP contribution in [0.3, 0.4) is 0 Å². The van der Waals surface area contributed by atoms with Gasteiger partial charge in [-0.15, -0.1) is 0 Å². The van der Waals surface area contributed by atoms with Gasteiger partial charge in [0.05, 0.1) is 0 Å². The second-order valence-electron chi connectivity index (χ2n) is 3.16. The summed E-state index contributed by atoms with van der Waals surface area (Å²) in [6, 6.07) is 9.12. The van der Waals surface area contributed by atoms with Crippen molar-refractivity contribution in [2.75, 3.05) is 0 Å². The number of rotatable bonds is 3. The van der Waals surface area contributed by atoms with Gasteiger partial charge in [-0.05, 0) is 18.6 Å². The fraction of sp³-hybridized carbons (Fsp3) is 0.167. The first-order chi connectivity index (χ1) is 7.59. The first kappa shape index (κ1) is 12.1. The summed E-state index contributed by atoms with van der Waals surface area (Å²) < 4.78 is 4.32. The van der Waals surface area contributed by atoms with Crippen LogP contribution in [0.1, 0.15) is 12.5 Å². The number of hydrogen-bond acceptors (Lipinski definition) is 4. The molecule has 4 heteroatoms. The number of hydrogen-bond donors (Lipinski definition) is 1. The molecule has 1 N–H and O–H groups in total. The van der Waals surface area contributed by atoms with Crippen molar-refractivity contribution in [3.05, 3.63) is 42.0 Å². The molecular formula is C12H12O4. The van der Waals surface area contributed by atoms with Gasteiger partial charge in [0.1, 0.15) is 6.10 Å². The Morgan fingerprint density at radius 1 is 1.31 bits per heavy atom. The molecule has 0 radical (unpaired) electrons. The number of carbonyl (C=O) groups is 2. The number of aliphatic hydroxyl groups is 1. The number of carbonyl (C=O) groups excluding carboxylic acids is 2. The Hall–Kier alpha value is -1.94. The van der Waals surface area contributed by atoms with Gasteiger partial charge in [-0.3, -0.25) is 0 Å². The van der Waals surface area contributed by atoms with Crippen molar-refractivity contribution in [3.63, 3.8) is 0 Å². The Morgan fingerprint density at radius 3 is 2.50 bits per heavy atom. The van der Waals surface area contributed by atoms with E-state index >= 15 is 0 Å². The second-order valence-corrected chi connectivity index (χ2v) is 3.16. The molecular weight excluding hydrogens is 208 g/mol. The first-order valence-corrected chi connectivity index (χ1v) is 4.76. The predicted molar refractivity (Wildman–Crippen MR) is 58.3 cm³/mol. The van der Waals surface area contributed by atoms with E-state index in [1.165, 1.54) is 13.0 Å². The summed E-state index contributed by atoms with van der Waals surface area (Å²) in [5.74, 6) is -1.75. The predicted octanol–water partition coefficient (Wildman–Crippen LogP) is 1.15. The Morgan fingerprint density at radius 2 is 1.94 bits per heavy atom. The minimum absolute atomic E-state index is 0.797. The number of aliphatic hydroxyl groups excluding tert-OH is 1. The molecule has 0 spiro atoms. The Labute approximate surface area is 93.2 Å². The summed E-state index contributed by atoms with van der Waals surface area (Å²) in [6.07, 6.45) is 1.36. The smallest absolute Gasteiger partial charge is 0.342 e. The summed E-state index contributed by atoms with van der Waals surface area (Å²) >= 11 is 0. The molecule has 0 saturated carbocycles. The van der Waals surface area contributed by atoms with Crippen LogP contribution in [-0.4, -0.2) is 23.1 Å². The van der Waals surface area contributed by atoms with Gasteiger partial charge >= 0.3 is 11.9 Å². The molecule has 1 aromatic rings. The highest BCUT2D eigenvalue weighted by atomic mass is 16.6. The number of ether oxygens (including phenoxy) is 1. The summed E-state index contributed by atoms with van der Waals surface area (Å²) in [4.78, 5) is 21.9. The minimum atomic E-state index is -1.30. The fourth-order valence-electron chi connectivity index (χ4n) is 0.947. The van der Waals surface area contributed by atoms with Crippen LogP contribution in [0.15, 0.2) is 36.4 Å². The van der Waals surface area contributed by atoms with Gasteiger partial charge in [-0.2, -0.15) is 0 Å². The zero-order chi connectivity index (χ0) is 12.0. The van der Waals surface area contributed by atoms with E-state index in [-0.39, 0.29) is 0 Å². The van der Waals surface area contributed by atoms with E-state index < -0.39 is 18.0 Å². The van der Waals surface area contributed by atoms with Crippen molar-refractivity contribution >= 4 is 18.0 Å². The molecule has 0 amide bonds. The zero-order valence-corrected chi connectivity index (χ0v) is 8.79. The average molecular weight is 220 g/mol. The second kappa shape index (κ2) is 5.82. The molecule has 0 aliphatic rings. The van der Waals surface area contributed by atoms with Gasteiger partial charge in [0.15, 0.2) is 0 Å². The van der Waals surface area contributed by atoms with Crippen LogP contribution in [0, 0.1) is 0 Å². The maximum absolute atomic E-state index is 11.1. The Bertz CT molecular complexity index is 393. The highest BCUT2D eigenvalue weighted by molar-refractivity contribution is 5.95. The average Bonchev–Trinajstić information content (AvgIpc) is 2.27. The summed E-state index contributed by atoms with van der Waals surface area (Å²) in [5.41, 5.74) is 0.823. The summed E-state index contributed by atoms with van der Waals surface area (Å²) in [6.45, 7) is 1.23. The Kier molecular flexibility index (Phi) is 4.42. The molecule has 4 nitrogen and oxygen atoms in total. The molecule has 16 heavy (non-hydrogen) atoms. The van der Waals surface area contributed by atoms with E-state index in [9.17, 15) is 9.59 Å². The van der Waals surface area contributed by atoms with E-state index in [4.69, 9.17) is 5.11 Å². The third-order valence-electron chi connectivity index (χ3n) is 1.75. The van der Waals surface area contributed by atoms with Crippen molar-refractivity contribution in [2.24, 2.45) is 0 Å². The first-order valence-electron chi connectivity index (χ1n) is 4.76. The quantitative estimate of drug-likeness (QED) is 0.471. The topological polar surface area (TPSA) is 63.6 Å². The summed E-state index contributed by atoms with van der Waals surface area (Å²) in [7, 11) is 0. The van der Waals surface area contributed by atoms with Crippen LogP contribution >= 0.6 is 0 Å². The number of benzene rings is 1. The summed E-state index contributed by atoms with van der Waals surface area (Å²) in [5, 5.41) is 8.80. The molecule has 1 atom stereocenters. The standard InChI is InChI=1S/C12H12O4/c1-9(13)12(15)16-11(14)8-7-10-5-3-2-4-6-10/h2-9,13H,1H3/b8-7+. The maximum atomic E-state index is 11.1. The molecule has 1 rings (SSSR count).